The minimum Gasteiger partial charge on any atom is -0.489 e. The van der Waals surface area contributed by atoms with Gasteiger partial charge in [-0.05, 0) is 40.8 Å². The van der Waals surface area contributed by atoms with E-state index < -0.39 is 17.4 Å². The van der Waals surface area contributed by atoms with Gasteiger partial charge < -0.3 is 4.74 Å². The normalized spacial score (nSPS) is 12.7. The molecule has 0 fully saturated rings. The second-order valence-corrected chi connectivity index (χ2v) is 9.99. The highest BCUT2D eigenvalue weighted by atomic mass is 32.2. The van der Waals surface area contributed by atoms with Crippen molar-refractivity contribution in [1.82, 2.24) is 20.4 Å². The van der Waals surface area contributed by atoms with Gasteiger partial charge in [-0.25, -0.2) is 4.98 Å². The lowest BCUT2D eigenvalue weighted by Gasteiger charge is -2.19. The number of hydrogen-bond donors (Lipinski definition) is 2. The number of rotatable bonds is 5. The molecule has 4 rings (SSSR count). The monoisotopic (exact) mass is 478 g/mol. The van der Waals surface area contributed by atoms with Gasteiger partial charge in [0.25, 0.3) is 17.4 Å². The van der Waals surface area contributed by atoms with Gasteiger partial charge in [0.15, 0.2) is 5.16 Å². The number of aromatic nitrogens is 2. The van der Waals surface area contributed by atoms with E-state index in [0.717, 1.165) is 17.1 Å². The molecular weight excluding hydrogens is 452 g/mol. The fourth-order valence-corrected chi connectivity index (χ4v) is 4.31. The van der Waals surface area contributed by atoms with Crippen LogP contribution in [0.5, 0.6) is 5.75 Å². The van der Waals surface area contributed by atoms with E-state index in [0.29, 0.717) is 23.9 Å². The van der Waals surface area contributed by atoms with E-state index in [9.17, 15) is 14.4 Å². The Kier molecular flexibility index (Phi) is 6.74. The van der Waals surface area contributed by atoms with Crippen LogP contribution < -0.4 is 21.1 Å². The Morgan fingerprint density at radius 2 is 1.71 bits per heavy atom. The molecule has 0 aliphatic carbocycles. The molecule has 9 heteroatoms. The van der Waals surface area contributed by atoms with Crippen LogP contribution in [0.15, 0.2) is 64.7 Å². The number of nitrogens with one attached hydrogen (secondary N) is 2. The molecule has 0 radical (unpaired) electrons. The Bertz CT molecular complexity index is 1260. The quantitative estimate of drug-likeness (QED) is 0.431. The molecule has 1 aliphatic rings. The number of thioether (sulfide) groups is 1. The summed E-state index contributed by atoms with van der Waals surface area (Å²) >= 11 is 1.46. The largest absolute Gasteiger partial charge is 0.489 e. The van der Waals surface area contributed by atoms with Gasteiger partial charge in [-0.15, -0.1) is 0 Å². The maximum Gasteiger partial charge on any atom is 0.276 e. The average molecular weight is 479 g/mol. The second kappa shape index (κ2) is 9.72. The van der Waals surface area contributed by atoms with Crippen molar-refractivity contribution >= 4 is 23.6 Å². The van der Waals surface area contributed by atoms with Gasteiger partial charge in [-0.3, -0.25) is 29.8 Å². The summed E-state index contributed by atoms with van der Waals surface area (Å²) in [7, 11) is 0. The Morgan fingerprint density at radius 3 is 2.38 bits per heavy atom. The number of fused-ring (bicyclic) bond motifs is 1. The standard InChI is InChI=1S/C25H26N4O4S/c1-25(2,3)18-8-10-19(11-9-18)33-15-16-4-6-17(7-5-16)21(30)27-28-22(31)20-14-26-24-29(23(20)32)12-13-34-24/h4-11,14H,12-13,15H2,1-3H3,(H,27,30)(H,28,31). The second-order valence-electron chi connectivity index (χ2n) is 8.93. The van der Waals surface area contributed by atoms with E-state index in [2.05, 4.69) is 48.7 Å². The number of benzene rings is 2. The molecule has 0 bridgehead atoms. The predicted molar refractivity (Wildman–Crippen MR) is 130 cm³/mol. The Hall–Kier alpha value is -3.59. The summed E-state index contributed by atoms with van der Waals surface area (Å²) in [5.74, 6) is 0.311. The van der Waals surface area contributed by atoms with Crippen LogP contribution in [0.2, 0.25) is 0 Å². The molecule has 0 saturated heterocycles. The Morgan fingerprint density at radius 1 is 1.03 bits per heavy atom. The highest BCUT2D eigenvalue weighted by Crippen LogP contribution is 2.24. The Balaban J connectivity index is 1.30. The smallest absolute Gasteiger partial charge is 0.276 e. The molecule has 2 amide bonds. The number of nitrogens with zero attached hydrogens (tertiary/aromatic N) is 2. The SMILES string of the molecule is CC(C)(C)c1ccc(OCc2ccc(C(=O)NNC(=O)c3cnc4n(c3=O)CCS4)cc2)cc1. The molecule has 176 valence electrons. The molecule has 2 aromatic carbocycles. The molecule has 3 aromatic rings. The predicted octanol–water partition coefficient (Wildman–Crippen LogP) is 3.30. The molecule has 34 heavy (non-hydrogen) atoms. The zero-order valence-corrected chi connectivity index (χ0v) is 20.1. The van der Waals surface area contributed by atoms with E-state index in [-0.39, 0.29) is 11.0 Å². The number of ether oxygens (including phenoxy) is 1. The summed E-state index contributed by atoms with van der Waals surface area (Å²) in [5.41, 5.74) is 6.66. The van der Waals surface area contributed by atoms with E-state index in [1.807, 2.05) is 12.1 Å². The van der Waals surface area contributed by atoms with Crippen LogP contribution in [0.1, 0.15) is 52.6 Å². The van der Waals surface area contributed by atoms with Crippen LogP contribution in [-0.4, -0.2) is 27.1 Å². The molecule has 0 atom stereocenters. The average Bonchev–Trinajstić information content (AvgIpc) is 3.31. The number of hydrazine groups is 1. The van der Waals surface area contributed by atoms with Crippen LogP contribution in [0.4, 0.5) is 0 Å². The van der Waals surface area contributed by atoms with Crippen LogP contribution in [0.25, 0.3) is 0 Å². The number of amides is 2. The first-order valence-corrected chi connectivity index (χ1v) is 11.9. The summed E-state index contributed by atoms with van der Waals surface area (Å²) in [6.07, 6.45) is 1.24. The van der Waals surface area contributed by atoms with Crippen molar-refractivity contribution in [3.8, 4) is 5.75 Å². The molecule has 2 N–H and O–H groups in total. The minimum atomic E-state index is -0.708. The highest BCUT2D eigenvalue weighted by Gasteiger charge is 2.20. The fourth-order valence-electron chi connectivity index (χ4n) is 3.40. The van der Waals surface area contributed by atoms with Crippen molar-refractivity contribution in [3.63, 3.8) is 0 Å². The first kappa shape index (κ1) is 23.6. The molecule has 0 unspecified atom stereocenters. The first-order valence-electron chi connectivity index (χ1n) is 10.9. The van der Waals surface area contributed by atoms with Gasteiger partial charge >= 0.3 is 0 Å². The lowest BCUT2D eigenvalue weighted by atomic mass is 9.87. The topological polar surface area (TPSA) is 102 Å². The van der Waals surface area contributed by atoms with Crippen molar-refractivity contribution in [3.05, 3.63) is 87.3 Å². The van der Waals surface area contributed by atoms with Crippen LogP contribution in [-0.2, 0) is 18.6 Å². The molecule has 1 aliphatic heterocycles. The van der Waals surface area contributed by atoms with Gasteiger partial charge in [0.2, 0.25) is 0 Å². The molecular formula is C25H26N4O4S. The molecule has 0 saturated carbocycles. The molecule has 1 aromatic heterocycles. The van der Waals surface area contributed by atoms with Gasteiger partial charge in [-0.2, -0.15) is 0 Å². The Labute approximate surface area is 201 Å². The van der Waals surface area contributed by atoms with Crippen LogP contribution in [0.3, 0.4) is 0 Å². The van der Waals surface area contributed by atoms with E-state index in [4.69, 9.17) is 4.74 Å². The summed E-state index contributed by atoms with van der Waals surface area (Å²) in [6, 6.07) is 14.9. The molecule has 2 heterocycles. The van der Waals surface area contributed by atoms with Crippen molar-refractivity contribution in [2.75, 3.05) is 5.75 Å². The van der Waals surface area contributed by atoms with Crippen molar-refractivity contribution in [2.24, 2.45) is 0 Å². The third-order valence-electron chi connectivity index (χ3n) is 5.43. The van der Waals surface area contributed by atoms with Gasteiger partial charge in [0, 0.05) is 24.1 Å². The minimum absolute atomic E-state index is 0.0851. The molecule has 0 spiro atoms. The number of carbonyl (C=O) groups is 2. The van der Waals surface area contributed by atoms with Crippen molar-refractivity contribution in [2.45, 2.75) is 44.5 Å². The fraction of sp³-hybridized carbons (Fsp3) is 0.280. The third kappa shape index (κ3) is 5.31. The van der Waals surface area contributed by atoms with Crippen LogP contribution >= 0.6 is 11.8 Å². The lowest BCUT2D eigenvalue weighted by Crippen LogP contribution is -2.44. The van der Waals surface area contributed by atoms with E-state index in [1.165, 1.54) is 28.1 Å². The third-order valence-corrected chi connectivity index (χ3v) is 6.40. The highest BCUT2D eigenvalue weighted by molar-refractivity contribution is 7.99. The molecule has 8 nitrogen and oxygen atoms in total. The van der Waals surface area contributed by atoms with E-state index >= 15 is 0 Å². The zero-order chi connectivity index (χ0) is 24.3. The van der Waals surface area contributed by atoms with Crippen molar-refractivity contribution in [1.29, 1.82) is 0 Å². The maximum atomic E-state index is 12.4. The summed E-state index contributed by atoms with van der Waals surface area (Å²) in [6.45, 7) is 7.36. The maximum absolute atomic E-state index is 12.4. The first-order chi connectivity index (χ1) is 16.2. The number of hydrogen-bond acceptors (Lipinski definition) is 6. The van der Waals surface area contributed by atoms with Gasteiger partial charge in [0.1, 0.15) is 17.9 Å². The summed E-state index contributed by atoms with van der Waals surface area (Å²) in [4.78, 5) is 41.3. The summed E-state index contributed by atoms with van der Waals surface area (Å²) in [5, 5.41) is 0.594. The van der Waals surface area contributed by atoms with E-state index in [1.54, 1.807) is 24.3 Å². The van der Waals surface area contributed by atoms with Gasteiger partial charge in [0.05, 0.1) is 0 Å². The van der Waals surface area contributed by atoms with Crippen molar-refractivity contribution < 1.29 is 14.3 Å². The zero-order valence-electron chi connectivity index (χ0n) is 19.3. The summed E-state index contributed by atoms with van der Waals surface area (Å²) < 4.78 is 7.29. The van der Waals surface area contributed by atoms with Crippen LogP contribution in [0, 0.1) is 0 Å². The number of carbonyl (C=O) groups excluding carboxylic acids is 2. The lowest BCUT2D eigenvalue weighted by molar-refractivity contribution is 0.0845. The van der Waals surface area contributed by atoms with Gasteiger partial charge in [-0.1, -0.05) is 56.8 Å².